The van der Waals surface area contributed by atoms with Crippen LogP contribution in [0.3, 0.4) is 0 Å². The van der Waals surface area contributed by atoms with Crippen molar-refractivity contribution in [2.75, 3.05) is 0 Å². The summed E-state index contributed by atoms with van der Waals surface area (Å²) in [5, 5.41) is 0. The molecule has 1 aliphatic rings. The van der Waals surface area contributed by atoms with Crippen LogP contribution in [0.1, 0.15) is 88.7 Å². The van der Waals surface area contributed by atoms with Gasteiger partial charge in [-0.25, -0.2) is 13.2 Å². The van der Waals surface area contributed by atoms with Crippen LogP contribution in [-0.4, -0.2) is 0 Å². The van der Waals surface area contributed by atoms with Gasteiger partial charge in [0.1, 0.15) is 5.82 Å². The van der Waals surface area contributed by atoms with Gasteiger partial charge in [0.05, 0.1) is 0 Å². The lowest BCUT2D eigenvalue weighted by Gasteiger charge is -2.29. The van der Waals surface area contributed by atoms with Gasteiger partial charge in [-0.05, 0) is 91.2 Å². The van der Waals surface area contributed by atoms with E-state index in [4.69, 9.17) is 0 Å². The second-order valence-electron chi connectivity index (χ2n) is 10.5. The molecule has 0 nitrogen and oxygen atoms in total. The maximum atomic E-state index is 15.2. The first kappa shape index (κ1) is 27.2. The van der Waals surface area contributed by atoms with Gasteiger partial charge in [0.2, 0.25) is 0 Å². The lowest BCUT2D eigenvalue weighted by Crippen LogP contribution is -2.14. The van der Waals surface area contributed by atoms with Crippen LogP contribution in [0.25, 0.3) is 22.3 Å². The summed E-state index contributed by atoms with van der Waals surface area (Å²) >= 11 is 0. The number of halogens is 3. The Bertz CT molecular complexity index is 1180. The topological polar surface area (TPSA) is 0 Å². The Kier molecular flexibility index (Phi) is 9.66. The van der Waals surface area contributed by atoms with Crippen molar-refractivity contribution >= 4 is 0 Å². The number of hydrogen-bond donors (Lipinski definition) is 0. The molecular weight excluding hydrogens is 465 g/mol. The van der Waals surface area contributed by atoms with Gasteiger partial charge in [-0.3, -0.25) is 0 Å². The summed E-state index contributed by atoms with van der Waals surface area (Å²) in [6, 6.07) is 16.1. The number of aryl methyl sites for hydroxylation is 1. The van der Waals surface area contributed by atoms with Crippen molar-refractivity contribution in [3.63, 3.8) is 0 Å². The second kappa shape index (κ2) is 13.1. The molecule has 3 aromatic carbocycles. The molecule has 0 radical (unpaired) electrons. The van der Waals surface area contributed by atoms with Gasteiger partial charge in [-0.1, -0.05) is 93.3 Å². The first-order valence-electron chi connectivity index (χ1n) is 14.0. The molecule has 196 valence electrons. The molecule has 0 unspecified atom stereocenters. The fraction of sp³-hybridized carbons (Fsp3) is 0.412. The van der Waals surface area contributed by atoms with Crippen molar-refractivity contribution in [3.8, 4) is 22.3 Å². The summed E-state index contributed by atoms with van der Waals surface area (Å²) in [4.78, 5) is 0. The summed E-state index contributed by atoms with van der Waals surface area (Å²) in [5.74, 6) is -0.633. The monoisotopic (exact) mass is 504 g/mol. The Morgan fingerprint density at radius 2 is 1.49 bits per heavy atom. The maximum absolute atomic E-state index is 15.2. The standard InChI is InChI=1S/C34H39F3/c1-3-5-7-9-24-11-13-26(14-12-24)30-21-20-29(23-32(30)35)25-15-17-27(18-16-25)31-22-19-28(10-8-6-4-2)33(36)34(31)37/h4,6,15-24,26H,3,5,7-14H2,1-2H3/b6-4+. The minimum Gasteiger partial charge on any atom is -0.207 e. The first-order chi connectivity index (χ1) is 18.0. The van der Waals surface area contributed by atoms with Crippen LogP contribution < -0.4 is 0 Å². The summed E-state index contributed by atoms with van der Waals surface area (Å²) in [6.45, 7) is 4.15. The number of unbranched alkanes of at least 4 members (excludes halogenated alkanes) is 2. The van der Waals surface area contributed by atoms with E-state index in [9.17, 15) is 8.78 Å². The molecule has 37 heavy (non-hydrogen) atoms. The van der Waals surface area contributed by atoms with Gasteiger partial charge < -0.3 is 0 Å². The van der Waals surface area contributed by atoms with Gasteiger partial charge in [0.25, 0.3) is 0 Å². The second-order valence-corrected chi connectivity index (χ2v) is 10.5. The number of rotatable bonds is 10. The highest BCUT2D eigenvalue weighted by atomic mass is 19.2. The zero-order valence-corrected chi connectivity index (χ0v) is 22.2. The highest BCUT2D eigenvalue weighted by Crippen LogP contribution is 2.39. The quantitative estimate of drug-likeness (QED) is 0.190. The lowest BCUT2D eigenvalue weighted by atomic mass is 9.76. The van der Waals surface area contributed by atoms with Crippen LogP contribution in [0.4, 0.5) is 13.2 Å². The fourth-order valence-electron chi connectivity index (χ4n) is 5.74. The van der Waals surface area contributed by atoms with Gasteiger partial charge in [-0.15, -0.1) is 0 Å². The summed E-state index contributed by atoms with van der Waals surface area (Å²) < 4.78 is 44.6. The molecule has 0 spiro atoms. The number of allylic oxidation sites excluding steroid dienone is 2. The largest absolute Gasteiger partial charge is 0.207 e. The van der Waals surface area contributed by atoms with E-state index >= 15 is 4.39 Å². The molecule has 0 bridgehead atoms. The van der Waals surface area contributed by atoms with Crippen molar-refractivity contribution in [2.45, 2.75) is 84.0 Å². The van der Waals surface area contributed by atoms with E-state index in [0.29, 0.717) is 29.9 Å². The van der Waals surface area contributed by atoms with E-state index in [2.05, 4.69) is 6.92 Å². The van der Waals surface area contributed by atoms with E-state index < -0.39 is 11.6 Å². The number of benzene rings is 3. The van der Waals surface area contributed by atoms with E-state index in [0.717, 1.165) is 35.4 Å². The molecule has 0 atom stereocenters. The van der Waals surface area contributed by atoms with Crippen LogP contribution >= 0.6 is 0 Å². The Morgan fingerprint density at radius 3 is 2.16 bits per heavy atom. The van der Waals surface area contributed by atoms with Gasteiger partial charge in [0, 0.05) is 5.56 Å². The third-order valence-electron chi connectivity index (χ3n) is 8.01. The highest BCUT2D eigenvalue weighted by molar-refractivity contribution is 5.71. The van der Waals surface area contributed by atoms with E-state index in [1.54, 1.807) is 30.3 Å². The molecular formula is C34H39F3. The minimum absolute atomic E-state index is 0.141. The minimum atomic E-state index is -0.818. The Balaban J connectivity index is 1.43. The smallest absolute Gasteiger partial charge is 0.166 e. The Labute approximate surface area is 220 Å². The van der Waals surface area contributed by atoms with Gasteiger partial charge in [-0.2, -0.15) is 0 Å². The molecule has 0 saturated heterocycles. The molecule has 0 aromatic heterocycles. The summed E-state index contributed by atoms with van der Waals surface area (Å²) in [7, 11) is 0. The highest BCUT2D eigenvalue weighted by Gasteiger charge is 2.24. The molecule has 1 aliphatic carbocycles. The van der Waals surface area contributed by atoms with Crippen molar-refractivity contribution < 1.29 is 13.2 Å². The molecule has 0 heterocycles. The molecule has 1 saturated carbocycles. The third kappa shape index (κ3) is 6.74. The van der Waals surface area contributed by atoms with E-state index in [1.165, 1.54) is 38.5 Å². The van der Waals surface area contributed by atoms with Crippen LogP contribution in [0, 0.1) is 23.4 Å². The molecule has 1 fully saturated rings. The molecule has 3 aromatic rings. The molecule has 3 heteroatoms. The average Bonchev–Trinajstić information content (AvgIpc) is 2.92. The maximum Gasteiger partial charge on any atom is 0.166 e. The van der Waals surface area contributed by atoms with Crippen molar-refractivity contribution in [3.05, 3.63) is 95.3 Å². The van der Waals surface area contributed by atoms with Crippen molar-refractivity contribution in [2.24, 2.45) is 5.92 Å². The number of hydrogen-bond acceptors (Lipinski definition) is 0. The predicted molar refractivity (Wildman–Crippen MR) is 149 cm³/mol. The third-order valence-corrected chi connectivity index (χ3v) is 8.01. The Morgan fingerprint density at radius 1 is 0.784 bits per heavy atom. The van der Waals surface area contributed by atoms with Gasteiger partial charge >= 0.3 is 0 Å². The zero-order valence-electron chi connectivity index (χ0n) is 22.2. The lowest BCUT2D eigenvalue weighted by molar-refractivity contribution is 0.299. The zero-order chi connectivity index (χ0) is 26.2. The first-order valence-corrected chi connectivity index (χ1v) is 14.0. The SMILES string of the molecule is C/C=C/CCc1ccc(-c2ccc(-c3ccc(C4CCC(CCCCC)CC4)c(F)c3)cc2)c(F)c1F. The van der Waals surface area contributed by atoms with Crippen LogP contribution in [0.15, 0.2) is 66.7 Å². The van der Waals surface area contributed by atoms with Crippen molar-refractivity contribution in [1.29, 1.82) is 0 Å². The van der Waals surface area contributed by atoms with Crippen LogP contribution in [0.2, 0.25) is 0 Å². The molecule has 4 rings (SSSR count). The summed E-state index contributed by atoms with van der Waals surface area (Å²) in [6.07, 6.45) is 14.7. The molecule has 0 aliphatic heterocycles. The average molecular weight is 505 g/mol. The van der Waals surface area contributed by atoms with E-state index in [-0.39, 0.29) is 11.4 Å². The summed E-state index contributed by atoms with van der Waals surface area (Å²) in [5.41, 5.74) is 3.72. The predicted octanol–water partition coefficient (Wildman–Crippen LogP) is 10.8. The normalized spacial score (nSPS) is 18.0. The van der Waals surface area contributed by atoms with Crippen LogP contribution in [0.5, 0.6) is 0 Å². The Hall–Kier alpha value is -2.81. The van der Waals surface area contributed by atoms with E-state index in [1.807, 2.05) is 43.3 Å². The fourth-order valence-corrected chi connectivity index (χ4v) is 5.74. The van der Waals surface area contributed by atoms with Gasteiger partial charge in [0.15, 0.2) is 11.6 Å². The van der Waals surface area contributed by atoms with Crippen LogP contribution in [-0.2, 0) is 6.42 Å². The molecule has 0 N–H and O–H groups in total. The van der Waals surface area contributed by atoms with Crippen molar-refractivity contribution in [1.82, 2.24) is 0 Å². The molecule has 0 amide bonds.